The Kier molecular flexibility index (Phi) is 5.46. The summed E-state index contributed by atoms with van der Waals surface area (Å²) in [7, 11) is -3.68. The lowest BCUT2D eigenvalue weighted by Crippen LogP contribution is -2.40. The predicted octanol–water partition coefficient (Wildman–Crippen LogP) is 0.153. The first-order valence-corrected chi connectivity index (χ1v) is 7.41. The van der Waals surface area contributed by atoms with Gasteiger partial charge < -0.3 is 0 Å². The lowest BCUT2D eigenvalue weighted by atomic mass is 10.0. The van der Waals surface area contributed by atoms with Gasteiger partial charge in [-0.2, -0.15) is 0 Å². The maximum absolute atomic E-state index is 11.9. The number of nitrogens with two attached hydrogens (primary N) is 1. The van der Waals surface area contributed by atoms with Gasteiger partial charge in [-0.3, -0.25) is 10.2 Å². The van der Waals surface area contributed by atoms with Crippen molar-refractivity contribution in [3.05, 3.63) is 29.8 Å². The van der Waals surface area contributed by atoms with Gasteiger partial charge in [0.2, 0.25) is 15.9 Å². The van der Waals surface area contributed by atoms with E-state index < -0.39 is 15.9 Å². The van der Waals surface area contributed by atoms with Gasteiger partial charge in [0.05, 0.1) is 11.4 Å². The SMILES string of the molecule is CC(C)Cc1ccc(S(=O)(=O)NCC(=O)NN)cc1. The molecule has 0 aliphatic carbocycles. The molecule has 106 valence electrons. The van der Waals surface area contributed by atoms with Crippen LogP contribution in [0, 0.1) is 5.92 Å². The zero-order valence-corrected chi connectivity index (χ0v) is 11.8. The first-order chi connectivity index (χ1) is 8.85. The lowest BCUT2D eigenvalue weighted by Gasteiger charge is -2.08. The van der Waals surface area contributed by atoms with Crippen molar-refractivity contribution in [1.82, 2.24) is 10.1 Å². The molecule has 0 bridgehead atoms. The highest BCUT2D eigenvalue weighted by atomic mass is 32.2. The molecule has 0 unspecified atom stereocenters. The molecule has 0 saturated carbocycles. The van der Waals surface area contributed by atoms with Gasteiger partial charge in [0.1, 0.15) is 0 Å². The van der Waals surface area contributed by atoms with E-state index in [-0.39, 0.29) is 11.4 Å². The molecular weight excluding hydrogens is 266 g/mol. The van der Waals surface area contributed by atoms with Crippen molar-refractivity contribution in [3.63, 3.8) is 0 Å². The lowest BCUT2D eigenvalue weighted by molar-refractivity contribution is -0.120. The molecular formula is C12H19N3O3S. The molecule has 0 radical (unpaired) electrons. The van der Waals surface area contributed by atoms with E-state index in [1.807, 2.05) is 5.43 Å². The number of rotatable bonds is 6. The van der Waals surface area contributed by atoms with Crippen LogP contribution in [-0.2, 0) is 21.2 Å². The van der Waals surface area contributed by atoms with E-state index in [0.717, 1.165) is 12.0 Å². The second-order valence-corrected chi connectivity index (χ2v) is 6.40. The smallest absolute Gasteiger partial charge is 0.248 e. The largest absolute Gasteiger partial charge is 0.293 e. The number of amides is 1. The highest BCUT2D eigenvalue weighted by Crippen LogP contribution is 2.13. The van der Waals surface area contributed by atoms with Crippen molar-refractivity contribution >= 4 is 15.9 Å². The summed E-state index contributed by atoms with van der Waals surface area (Å²) in [6.45, 7) is 3.81. The summed E-state index contributed by atoms with van der Waals surface area (Å²) < 4.78 is 25.9. The fourth-order valence-corrected chi connectivity index (χ4v) is 2.55. The summed E-state index contributed by atoms with van der Waals surface area (Å²) in [6.07, 6.45) is 0.892. The molecule has 7 heteroatoms. The highest BCUT2D eigenvalue weighted by molar-refractivity contribution is 7.89. The van der Waals surface area contributed by atoms with Crippen molar-refractivity contribution in [1.29, 1.82) is 0 Å². The van der Waals surface area contributed by atoms with Crippen LogP contribution in [-0.4, -0.2) is 20.9 Å². The van der Waals surface area contributed by atoms with Gasteiger partial charge in [-0.05, 0) is 30.0 Å². The van der Waals surface area contributed by atoms with E-state index in [2.05, 4.69) is 18.6 Å². The predicted molar refractivity (Wildman–Crippen MR) is 72.5 cm³/mol. The monoisotopic (exact) mass is 285 g/mol. The van der Waals surface area contributed by atoms with Crippen LogP contribution in [0.25, 0.3) is 0 Å². The molecule has 19 heavy (non-hydrogen) atoms. The van der Waals surface area contributed by atoms with E-state index in [1.165, 1.54) is 12.1 Å². The minimum absolute atomic E-state index is 0.129. The number of hydrazine groups is 1. The molecule has 0 heterocycles. The van der Waals surface area contributed by atoms with E-state index in [1.54, 1.807) is 12.1 Å². The summed E-state index contributed by atoms with van der Waals surface area (Å²) in [5.41, 5.74) is 2.93. The van der Waals surface area contributed by atoms with Crippen LogP contribution in [0.3, 0.4) is 0 Å². The molecule has 4 N–H and O–H groups in total. The van der Waals surface area contributed by atoms with Gasteiger partial charge in [-0.1, -0.05) is 26.0 Å². The molecule has 0 spiro atoms. The standard InChI is InChI=1S/C12H19N3O3S/c1-9(2)7-10-3-5-11(6-4-10)19(17,18)14-8-12(16)15-13/h3-6,9,14H,7-8,13H2,1-2H3,(H,15,16). The zero-order valence-electron chi connectivity index (χ0n) is 11.0. The minimum Gasteiger partial charge on any atom is -0.293 e. The third-order valence-electron chi connectivity index (χ3n) is 2.46. The topological polar surface area (TPSA) is 101 Å². The molecule has 1 amide bonds. The zero-order chi connectivity index (χ0) is 14.5. The molecule has 0 saturated heterocycles. The van der Waals surface area contributed by atoms with Gasteiger partial charge in [-0.15, -0.1) is 0 Å². The van der Waals surface area contributed by atoms with Crippen LogP contribution in [0.4, 0.5) is 0 Å². The fourth-order valence-electron chi connectivity index (χ4n) is 1.57. The van der Waals surface area contributed by atoms with Crippen molar-refractivity contribution < 1.29 is 13.2 Å². The normalized spacial score (nSPS) is 11.6. The molecule has 1 rings (SSSR count). The van der Waals surface area contributed by atoms with Crippen molar-refractivity contribution in [3.8, 4) is 0 Å². The maximum Gasteiger partial charge on any atom is 0.248 e. The summed E-state index contributed by atoms with van der Waals surface area (Å²) >= 11 is 0. The number of carbonyl (C=O) groups excluding carboxylic acids is 1. The third-order valence-corrected chi connectivity index (χ3v) is 3.88. The van der Waals surface area contributed by atoms with Gasteiger partial charge >= 0.3 is 0 Å². The summed E-state index contributed by atoms with van der Waals surface area (Å²) in [5, 5.41) is 0. The Hall–Kier alpha value is -1.44. The van der Waals surface area contributed by atoms with E-state index in [9.17, 15) is 13.2 Å². The molecule has 0 aliphatic heterocycles. The molecule has 0 atom stereocenters. The van der Waals surface area contributed by atoms with E-state index in [4.69, 9.17) is 5.84 Å². The average molecular weight is 285 g/mol. The van der Waals surface area contributed by atoms with Crippen LogP contribution in [0.2, 0.25) is 0 Å². The van der Waals surface area contributed by atoms with Gasteiger partial charge in [0, 0.05) is 0 Å². The van der Waals surface area contributed by atoms with Crippen molar-refractivity contribution in [2.45, 2.75) is 25.2 Å². The number of carbonyl (C=O) groups is 1. The second-order valence-electron chi connectivity index (χ2n) is 4.63. The fraction of sp³-hybridized carbons (Fsp3) is 0.417. The number of nitrogens with one attached hydrogen (secondary N) is 2. The first kappa shape index (κ1) is 15.6. The Bertz CT molecular complexity index is 524. The molecule has 0 aliphatic rings. The van der Waals surface area contributed by atoms with Crippen LogP contribution in [0.5, 0.6) is 0 Å². The first-order valence-electron chi connectivity index (χ1n) is 5.93. The summed E-state index contributed by atoms with van der Waals surface area (Å²) in [6, 6.07) is 6.61. The Morgan fingerprint density at radius 3 is 2.32 bits per heavy atom. The third kappa shape index (κ3) is 4.98. The molecule has 6 nitrogen and oxygen atoms in total. The highest BCUT2D eigenvalue weighted by Gasteiger charge is 2.14. The van der Waals surface area contributed by atoms with E-state index in [0.29, 0.717) is 5.92 Å². The number of benzene rings is 1. The van der Waals surface area contributed by atoms with Gasteiger partial charge in [0.15, 0.2) is 0 Å². The van der Waals surface area contributed by atoms with Crippen molar-refractivity contribution in [2.24, 2.45) is 11.8 Å². The molecule has 0 aromatic heterocycles. The van der Waals surface area contributed by atoms with Crippen LogP contribution in [0.15, 0.2) is 29.2 Å². The maximum atomic E-state index is 11.9. The van der Waals surface area contributed by atoms with Crippen LogP contribution < -0.4 is 16.0 Å². The number of hydrogen-bond acceptors (Lipinski definition) is 4. The van der Waals surface area contributed by atoms with E-state index >= 15 is 0 Å². The Morgan fingerprint density at radius 2 is 1.84 bits per heavy atom. The summed E-state index contributed by atoms with van der Waals surface area (Å²) in [4.78, 5) is 11.0. The minimum atomic E-state index is -3.68. The molecule has 0 fully saturated rings. The van der Waals surface area contributed by atoms with Gasteiger partial charge in [0.25, 0.3) is 0 Å². The van der Waals surface area contributed by atoms with Crippen LogP contribution >= 0.6 is 0 Å². The Labute approximate surface area is 113 Å². The molecule has 1 aromatic carbocycles. The molecule has 1 aromatic rings. The Morgan fingerprint density at radius 1 is 1.26 bits per heavy atom. The average Bonchev–Trinajstić information content (AvgIpc) is 2.36. The number of sulfonamides is 1. The quantitative estimate of drug-likeness (QED) is 0.393. The number of hydrogen-bond donors (Lipinski definition) is 3. The second kappa shape index (κ2) is 6.65. The Balaban J connectivity index is 2.76. The van der Waals surface area contributed by atoms with Crippen molar-refractivity contribution in [2.75, 3.05) is 6.54 Å². The van der Waals surface area contributed by atoms with Gasteiger partial charge in [-0.25, -0.2) is 19.0 Å². The summed E-state index contributed by atoms with van der Waals surface area (Å²) in [5.74, 6) is 4.78. The van der Waals surface area contributed by atoms with Crippen LogP contribution in [0.1, 0.15) is 19.4 Å².